The lowest BCUT2D eigenvalue weighted by atomic mass is 9.95. The standard InChI is InChI=1S/C22H28N2O3S/c1-4-9-24(14-18-6-5-12-28-18)15-21(25)23-22(16(2)3)17-7-8-19-20(13-17)27-11-10-26-19/h4-8,12-13,16,22H,1,9-11,14-15H2,2-3H3,(H,23,25). The van der Waals surface area contributed by atoms with Crippen LogP contribution in [0.25, 0.3) is 0 Å². The summed E-state index contributed by atoms with van der Waals surface area (Å²) in [6.07, 6.45) is 1.83. The normalized spacial score (nSPS) is 14.1. The first kappa shape index (κ1) is 20.4. The van der Waals surface area contributed by atoms with Gasteiger partial charge in [0.05, 0.1) is 12.6 Å². The van der Waals surface area contributed by atoms with Crippen LogP contribution in [0.15, 0.2) is 48.4 Å². The number of fused-ring (bicyclic) bond motifs is 1. The molecular formula is C22H28N2O3S. The summed E-state index contributed by atoms with van der Waals surface area (Å²) >= 11 is 1.70. The van der Waals surface area contributed by atoms with Crippen LogP contribution in [0.1, 0.15) is 30.3 Å². The smallest absolute Gasteiger partial charge is 0.234 e. The molecule has 0 bridgehead atoms. The Kier molecular flexibility index (Phi) is 7.12. The number of hydrogen-bond acceptors (Lipinski definition) is 5. The van der Waals surface area contributed by atoms with Crippen molar-refractivity contribution in [1.82, 2.24) is 10.2 Å². The number of carbonyl (C=O) groups excluding carboxylic acids is 1. The minimum atomic E-state index is -0.0874. The van der Waals surface area contributed by atoms with Gasteiger partial charge in [-0.1, -0.05) is 32.1 Å². The molecular weight excluding hydrogens is 372 g/mol. The van der Waals surface area contributed by atoms with Crippen molar-refractivity contribution in [3.05, 3.63) is 58.8 Å². The van der Waals surface area contributed by atoms with Gasteiger partial charge in [-0.15, -0.1) is 17.9 Å². The summed E-state index contributed by atoms with van der Waals surface area (Å²) in [6.45, 7) is 10.9. The van der Waals surface area contributed by atoms with E-state index in [1.54, 1.807) is 11.3 Å². The molecule has 5 nitrogen and oxygen atoms in total. The Morgan fingerprint density at radius 2 is 2.07 bits per heavy atom. The third-order valence-corrected chi connectivity index (χ3v) is 5.48. The highest BCUT2D eigenvalue weighted by Gasteiger charge is 2.22. The summed E-state index contributed by atoms with van der Waals surface area (Å²) in [5.74, 6) is 1.76. The molecule has 150 valence electrons. The number of ether oxygens (including phenoxy) is 2. The summed E-state index contributed by atoms with van der Waals surface area (Å²) in [5, 5.41) is 5.25. The fraction of sp³-hybridized carbons (Fsp3) is 0.409. The molecule has 1 N–H and O–H groups in total. The number of carbonyl (C=O) groups is 1. The fourth-order valence-corrected chi connectivity index (χ4v) is 4.05. The van der Waals surface area contributed by atoms with Crippen LogP contribution in [-0.4, -0.2) is 37.1 Å². The molecule has 3 rings (SSSR count). The topological polar surface area (TPSA) is 50.8 Å². The van der Waals surface area contributed by atoms with Crippen LogP contribution in [0.5, 0.6) is 11.5 Å². The van der Waals surface area contributed by atoms with Crippen molar-refractivity contribution in [1.29, 1.82) is 0 Å². The van der Waals surface area contributed by atoms with Crippen molar-refractivity contribution >= 4 is 17.2 Å². The van der Waals surface area contributed by atoms with E-state index in [-0.39, 0.29) is 17.9 Å². The molecule has 0 saturated carbocycles. The van der Waals surface area contributed by atoms with Crippen LogP contribution in [0.4, 0.5) is 0 Å². The van der Waals surface area contributed by atoms with Gasteiger partial charge >= 0.3 is 0 Å². The molecule has 1 aliphatic rings. The first-order valence-corrected chi connectivity index (χ1v) is 10.5. The quantitative estimate of drug-likeness (QED) is 0.646. The molecule has 2 aromatic rings. The SMILES string of the molecule is C=CCN(CC(=O)NC(c1ccc2c(c1)OCCO2)C(C)C)Cc1cccs1. The van der Waals surface area contributed by atoms with Gasteiger partial charge < -0.3 is 14.8 Å². The Morgan fingerprint density at radius 1 is 1.29 bits per heavy atom. The van der Waals surface area contributed by atoms with Crippen LogP contribution in [0.2, 0.25) is 0 Å². The zero-order valence-electron chi connectivity index (χ0n) is 16.5. The number of nitrogens with zero attached hydrogens (tertiary/aromatic N) is 1. The molecule has 1 aromatic carbocycles. The maximum absolute atomic E-state index is 12.8. The second-order valence-electron chi connectivity index (χ2n) is 7.23. The highest BCUT2D eigenvalue weighted by molar-refractivity contribution is 7.09. The second-order valence-corrected chi connectivity index (χ2v) is 8.26. The summed E-state index contributed by atoms with van der Waals surface area (Å²) in [7, 11) is 0. The van der Waals surface area contributed by atoms with Crippen LogP contribution in [0, 0.1) is 5.92 Å². The number of rotatable bonds is 9. The predicted octanol–water partition coefficient (Wildman–Crippen LogP) is 4.02. The molecule has 0 fully saturated rings. The molecule has 2 heterocycles. The summed E-state index contributed by atoms with van der Waals surface area (Å²) in [5.41, 5.74) is 1.03. The van der Waals surface area contributed by atoms with Gasteiger partial charge in [0.25, 0.3) is 0 Å². The van der Waals surface area contributed by atoms with Gasteiger partial charge in [-0.25, -0.2) is 0 Å². The molecule has 28 heavy (non-hydrogen) atoms. The number of nitrogens with one attached hydrogen (secondary N) is 1. The number of amides is 1. The monoisotopic (exact) mass is 400 g/mol. The third-order valence-electron chi connectivity index (χ3n) is 4.62. The van der Waals surface area contributed by atoms with E-state index in [0.717, 1.165) is 23.6 Å². The van der Waals surface area contributed by atoms with Crippen molar-refractivity contribution in [3.63, 3.8) is 0 Å². The van der Waals surface area contributed by atoms with Crippen LogP contribution < -0.4 is 14.8 Å². The van der Waals surface area contributed by atoms with Gasteiger partial charge in [0.2, 0.25) is 5.91 Å². The maximum Gasteiger partial charge on any atom is 0.234 e. The van der Waals surface area contributed by atoms with Gasteiger partial charge in [0.15, 0.2) is 11.5 Å². The fourth-order valence-electron chi connectivity index (χ4n) is 3.30. The van der Waals surface area contributed by atoms with E-state index in [4.69, 9.17) is 9.47 Å². The summed E-state index contributed by atoms with van der Waals surface area (Å²) in [6, 6.07) is 9.94. The van der Waals surface area contributed by atoms with Crippen LogP contribution in [0.3, 0.4) is 0 Å². The second kappa shape index (κ2) is 9.75. The predicted molar refractivity (Wildman–Crippen MR) is 113 cm³/mol. The summed E-state index contributed by atoms with van der Waals surface area (Å²) in [4.78, 5) is 16.1. The third kappa shape index (κ3) is 5.36. The van der Waals surface area contributed by atoms with Crippen LogP contribution in [-0.2, 0) is 11.3 Å². The average Bonchev–Trinajstić information content (AvgIpc) is 3.18. The molecule has 6 heteroatoms. The Morgan fingerprint density at radius 3 is 2.75 bits per heavy atom. The van der Waals surface area contributed by atoms with E-state index in [1.165, 1.54) is 4.88 Å². The molecule has 0 radical (unpaired) electrons. The van der Waals surface area contributed by atoms with E-state index in [2.05, 4.69) is 42.1 Å². The highest BCUT2D eigenvalue weighted by Crippen LogP contribution is 2.34. The lowest BCUT2D eigenvalue weighted by Gasteiger charge is -2.27. The van der Waals surface area contributed by atoms with Gasteiger partial charge in [-0.3, -0.25) is 9.69 Å². The molecule has 0 saturated heterocycles. The molecule has 1 aliphatic heterocycles. The van der Waals surface area contributed by atoms with Crippen molar-refractivity contribution < 1.29 is 14.3 Å². The van der Waals surface area contributed by atoms with Gasteiger partial charge in [0, 0.05) is 18.0 Å². The van der Waals surface area contributed by atoms with E-state index in [0.29, 0.717) is 26.3 Å². The highest BCUT2D eigenvalue weighted by atomic mass is 32.1. The Labute approximate surface area is 171 Å². The molecule has 1 amide bonds. The van der Waals surface area contributed by atoms with Crippen molar-refractivity contribution in [3.8, 4) is 11.5 Å². The van der Waals surface area contributed by atoms with Crippen molar-refractivity contribution in [2.75, 3.05) is 26.3 Å². The summed E-state index contributed by atoms with van der Waals surface area (Å²) < 4.78 is 11.3. The lowest BCUT2D eigenvalue weighted by molar-refractivity contribution is -0.123. The Hall–Kier alpha value is -2.31. The minimum Gasteiger partial charge on any atom is -0.486 e. The molecule has 0 spiro atoms. The number of hydrogen-bond donors (Lipinski definition) is 1. The van der Waals surface area contributed by atoms with E-state index in [1.807, 2.05) is 30.3 Å². The average molecular weight is 401 g/mol. The largest absolute Gasteiger partial charge is 0.486 e. The van der Waals surface area contributed by atoms with Gasteiger partial charge in [-0.2, -0.15) is 0 Å². The molecule has 1 atom stereocenters. The number of thiophene rings is 1. The van der Waals surface area contributed by atoms with Gasteiger partial charge in [-0.05, 0) is 35.1 Å². The number of benzene rings is 1. The van der Waals surface area contributed by atoms with E-state index in [9.17, 15) is 4.79 Å². The lowest BCUT2D eigenvalue weighted by Crippen LogP contribution is -2.40. The zero-order chi connectivity index (χ0) is 19.9. The van der Waals surface area contributed by atoms with Crippen LogP contribution >= 0.6 is 11.3 Å². The first-order valence-electron chi connectivity index (χ1n) is 9.61. The molecule has 0 aliphatic carbocycles. The van der Waals surface area contributed by atoms with Gasteiger partial charge in [0.1, 0.15) is 13.2 Å². The minimum absolute atomic E-state index is 0.00648. The maximum atomic E-state index is 12.8. The zero-order valence-corrected chi connectivity index (χ0v) is 17.3. The van der Waals surface area contributed by atoms with E-state index >= 15 is 0 Å². The molecule has 1 unspecified atom stereocenters. The molecule has 1 aromatic heterocycles. The van der Waals surface area contributed by atoms with E-state index < -0.39 is 0 Å². The Bertz CT molecular complexity index is 789. The first-order chi connectivity index (χ1) is 13.6. The van der Waals surface area contributed by atoms with Crippen molar-refractivity contribution in [2.45, 2.75) is 26.4 Å². The Balaban J connectivity index is 1.67. The van der Waals surface area contributed by atoms with Crippen molar-refractivity contribution in [2.24, 2.45) is 5.92 Å².